The number of nitrogens with zero attached hydrogens (tertiary/aromatic N) is 1. The summed E-state index contributed by atoms with van der Waals surface area (Å²) in [6.45, 7) is 6.86. The Hall–Kier alpha value is -5.18. The number of rotatable bonds is 6. The number of hydrogen-bond donors (Lipinski definition) is 0. The molecule has 8 aromatic rings. The molecule has 1 heterocycles. The summed E-state index contributed by atoms with van der Waals surface area (Å²) in [5.74, 6) is 0.615. The van der Waals surface area contributed by atoms with Crippen LogP contribution < -0.4 is 4.90 Å². The van der Waals surface area contributed by atoms with Gasteiger partial charge in [0.05, 0.1) is 5.69 Å². The molecule has 2 heteroatoms. The Bertz CT molecular complexity index is 2520. The summed E-state index contributed by atoms with van der Waals surface area (Å²) in [6, 6.07) is 56.9. The number of thiophene rings is 1. The molecule has 0 amide bonds. The highest BCUT2D eigenvalue weighted by Crippen LogP contribution is 2.47. The van der Waals surface area contributed by atoms with Crippen LogP contribution in [0, 0.1) is 0 Å². The van der Waals surface area contributed by atoms with Gasteiger partial charge in [-0.3, -0.25) is 0 Å². The lowest BCUT2D eigenvalue weighted by Crippen LogP contribution is -2.14. The number of benzene rings is 7. The van der Waals surface area contributed by atoms with Crippen molar-refractivity contribution in [2.24, 2.45) is 0 Å². The number of fused-ring (bicyclic) bond motifs is 4. The molecule has 7 aromatic carbocycles. The molecule has 0 N–H and O–H groups in total. The van der Waals surface area contributed by atoms with Crippen molar-refractivity contribution < 1.29 is 0 Å². The van der Waals surface area contributed by atoms with Gasteiger partial charge in [-0.1, -0.05) is 149 Å². The first-order valence-corrected chi connectivity index (χ1v) is 19.8. The van der Waals surface area contributed by atoms with E-state index in [0.29, 0.717) is 5.92 Å². The molecule has 9 rings (SSSR count). The van der Waals surface area contributed by atoms with Crippen LogP contribution >= 0.6 is 11.3 Å². The van der Waals surface area contributed by atoms with E-state index in [0.717, 1.165) is 11.4 Å². The van der Waals surface area contributed by atoms with Crippen LogP contribution in [-0.2, 0) is 5.41 Å². The van der Waals surface area contributed by atoms with Crippen molar-refractivity contribution in [1.29, 1.82) is 0 Å². The fraction of sp³-hybridized carbons (Fsp3) is 0.200. The van der Waals surface area contributed by atoms with Crippen molar-refractivity contribution in [1.82, 2.24) is 0 Å². The van der Waals surface area contributed by atoms with Crippen LogP contribution in [0.25, 0.3) is 53.2 Å². The lowest BCUT2D eigenvalue weighted by Gasteiger charge is -2.30. The Balaban J connectivity index is 1.21. The van der Waals surface area contributed by atoms with Gasteiger partial charge in [0.25, 0.3) is 0 Å². The Morgan fingerprint density at radius 3 is 1.90 bits per heavy atom. The molecule has 52 heavy (non-hydrogen) atoms. The zero-order valence-corrected chi connectivity index (χ0v) is 31.2. The van der Waals surface area contributed by atoms with E-state index in [1.165, 1.54) is 102 Å². The molecule has 0 saturated heterocycles. The van der Waals surface area contributed by atoms with Crippen molar-refractivity contribution in [3.05, 3.63) is 163 Å². The second-order valence-corrected chi connectivity index (χ2v) is 16.6. The van der Waals surface area contributed by atoms with Gasteiger partial charge in [-0.2, -0.15) is 0 Å². The van der Waals surface area contributed by atoms with Crippen LogP contribution in [0.4, 0.5) is 17.1 Å². The number of para-hydroxylation sites is 1. The third-order valence-corrected chi connectivity index (χ3v) is 12.4. The van der Waals surface area contributed by atoms with Gasteiger partial charge in [-0.15, -0.1) is 11.3 Å². The molecule has 1 aliphatic rings. The van der Waals surface area contributed by atoms with Gasteiger partial charge in [-0.25, -0.2) is 0 Å². The van der Waals surface area contributed by atoms with Crippen LogP contribution in [0.5, 0.6) is 0 Å². The predicted octanol–water partition coefficient (Wildman–Crippen LogP) is 15.4. The molecule has 1 saturated carbocycles. The Morgan fingerprint density at radius 2 is 1.13 bits per heavy atom. The minimum absolute atomic E-state index is 0.0776. The molecule has 0 radical (unpaired) electrons. The Morgan fingerprint density at radius 1 is 0.519 bits per heavy atom. The summed E-state index contributed by atoms with van der Waals surface area (Å²) in [5.41, 5.74) is 11.5. The van der Waals surface area contributed by atoms with Crippen LogP contribution in [0.1, 0.15) is 69.9 Å². The van der Waals surface area contributed by atoms with Crippen molar-refractivity contribution in [2.75, 3.05) is 4.90 Å². The third kappa shape index (κ3) is 5.90. The first kappa shape index (κ1) is 32.7. The molecule has 1 aromatic heterocycles. The topological polar surface area (TPSA) is 3.24 Å². The molecule has 0 atom stereocenters. The average molecular weight is 692 g/mol. The second-order valence-electron chi connectivity index (χ2n) is 15.6. The SMILES string of the molecule is CC(C)(C)c1ccc(N(c2ccc(-c3cccc4sc5ccccc5c34)cc2)c2ccccc2-c2cccc3cccc(C4CCCCC4)c23)cc1. The molecule has 0 bridgehead atoms. The maximum Gasteiger partial charge on any atom is 0.0540 e. The van der Waals surface area contributed by atoms with Gasteiger partial charge in [-0.05, 0) is 105 Å². The zero-order valence-electron chi connectivity index (χ0n) is 30.4. The molecule has 256 valence electrons. The standard InChI is InChI=1S/C50H45NS/c1-50(2,3)37-28-32-39(33-29-37)51(38-30-26-35(27-31-38)41-21-13-25-47-49(41)44-19-8-10-24-46(44)52-47)45-23-9-7-18-42(45)43-22-12-17-36-16-11-20-40(48(36)43)34-14-5-4-6-15-34/h7-13,16-34H,4-6,14-15H2,1-3H3. The van der Waals surface area contributed by atoms with Crippen LogP contribution in [0.2, 0.25) is 0 Å². The molecular formula is C50H45NS. The van der Waals surface area contributed by atoms with Gasteiger partial charge in [0.15, 0.2) is 0 Å². The van der Waals surface area contributed by atoms with E-state index in [1.807, 2.05) is 11.3 Å². The van der Waals surface area contributed by atoms with Gasteiger partial charge in [0.1, 0.15) is 0 Å². The summed E-state index contributed by atoms with van der Waals surface area (Å²) < 4.78 is 2.67. The summed E-state index contributed by atoms with van der Waals surface area (Å²) in [4.78, 5) is 2.47. The maximum absolute atomic E-state index is 2.47. The van der Waals surface area contributed by atoms with E-state index < -0.39 is 0 Å². The number of anilines is 3. The maximum atomic E-state index is 2.47. The second kappa shape index (κ2) is 13.4. The first-order valence-electron chi connectivity index (χ1n) is 19.0. The fourth-order valence-corrected chi connectivity index (χ4v) is 9.72. The van der Waals surface area contributed by atoms with E-state index in [2.05, 4.69) is 177 Å². The molecule has 0 spiro atoms. The molecular weight excluding hydrogens is 647 g/mol. The molecule has 1 fully saturated rings. The average Bonchev–Trinajstić information content (AvgIpc) is 3.57. The molecule has 1 aliphatic carbocycles. The fourth-order valence-electron chi connectivity index (χ4n) is 8.59. The van der Waals surface area contributed by atoms with Crippen LogP contribution in [0.15, 0.2) is 152 Å². The largest absolute Gasteiger partial charge is 0.310 e. The zero-order chi connectivity index (χ0) is 35.2. The summed E-state index contributed by atoms with van der Waals surface area (Å²) >= 11 is 1.88. The first-order chi connectivity index (χ1) is 25.4. The number of hydrogen-bond acceptors (Lipinski definition) is 2. The monoisotopic (exact) mass is 691 g/mol. The highest BCUT2D eigenvalue weighted by molar-refractivity contribution is 7.25. The summed E-state index contributed by atoms with van der Waals surface area (Å²) in [6.07, 6.45) is 6.57. The Kier molecular flexibility index (Phi) is 8.44. The Labute approximate surface area is 312 Å². The lowest BCUT2D eigenvalue weighted by atomic mass is 9.80. The smallest absolute Gasteiger partial charge is 0.0540 e. The summed E-state index contributed by atoms with van der Waals surface area (Å²) in [5, 5.41) is 5.43. The third-order valence-electron chi connectivity index (χ3n) is 11.2. The highest BCUT2D eigenvalue weighted by atomic mass is 32.1. The molecule has 0 aliphatic heterocycles. The van der Waals surface area contributed by atoms with Crippen molar-refractivity contribution in [2.45, 2.75) is 64.2 Å². The van der Waals surface area contributed by atoms with Gasteiger partial charge in [0.2, 0.25) is 0 Å². The van der Waals surface area contributed by atoms with E-state index in [4.69, 9.17) is 0 Å². The molecule has 1 nitrogen and oxygen atoms in total. The van der Waals surface area contributed by atoms with E-state index in [9.17, 15) is 0 Å². The quantitative estimate of drug-likeness (QED) is 0.168. The van der Waals surface area contributed by atoms with Crippen LogP contribution in [0.3, 0.4) is 0 Å². The van der Waals surface area contributed by atoms with Crippen molar-refractivity contribution >= 4 is 59.3 Å². The highest BCUT2D eigenvalue weighted by Gasteiger charge is 2.23. The normalized spacial score (nSPS) is 14.0. The van der Waals surface area contributed by atoms with Crippen molar-refractivity contribution in [3.8, 4) is 22.3 Å². The van der Waals surface area contributed by atoms with E-state index in [-0.39, 0.29) is 5.41 Å². The molecule has 0 unspecified atom stereocenters. The minimum atomic E-state index is 0.0776. The van der Waals surface area contributed by atoms with E-state index >= 15 is 0 Å². The van der Waals surface area contributed by atoms with E-state index in [1.54, 1.807) is 0 Å². The minimum Gasteiger partial charge on any atom is -0.310 e. The van der Waals surface area contributed by atoms with Gasteiger partial charge < -0.3 is 4.90 Å². The lowest BCUT2D eigenvalue weighted by molar-refractivity contribution is 0.445. The summed E-state index contributed by atoms with van der Waals surface area (Å²) in [7, 11) is 0. The van der Waals surface area contributed by atoms with Gasteiger partial charge >= 0.3 is 0 Å². The predicted molar refractivity (Wildman–Crippen MR) is 227 cm³/mol. The van der Waals surface area contributed by atoms with Crippen LogP contribution in [-0.4, -0.2) is 0 Å². The van der Waals surface area contributed by atoms with Crippen molar-refractivity contribution in [3.63, 3.8) is 0 Å². The van der Waals surface area contributed by atoms with Gasteiger partial charge in [0, 0.05) is 37.1 Å².